The van der Waals surface area contributed by atoms with Crippen LogP contribution in [0.15, 0.2) is 17.5 Å². The third-order valence-electron chi connectivity index (χ3n) is 3.51. The standard InChI is InChI=1S/C13H19NO2S/c15-13(16)12-5-1-3-10(12)9-14-7-6-11-4-2-8-17-11/h2,4,8,10,12,14H,1,3,5-7,9H2,(H,15,16). The van der Waals surface area contributed by atoms with Gasteiger partial charge in [0.1, 0.15) is 0 Å². The van der Waals surface area contributed by atoms with E-state index in [4.69, 9.17) is 5.11 Å². The van der Waals surface area contributed by atoms with Crippen LogP contribution in [0.3, 0.4) is 0 Å². The van der Waals surface area contributed by atoms with Gasteiger partial charge >= 0.3 is 5.97 Å². The normalized spacial score (nSPS) is 24.0. The highest BCUT2D eigenvalue weighted by Crippen LogP contribution is 2.31. The number of thiophene rings is 1. The van der Waals surface area contributed by atoms with E-state index in [-0.39, 0.29) is 5.92 Å². The first-order valence-electron chi connectivity index (χ1n) is 6.23. The average Bonchev–Trinajstić information content (AvgIpc) is 2.95. The lowest BCUT2D eigenvalue weighted by Gasteiger charge is -2.16. The van der Waals surface area contributed by atoms with Crippen molar-refractivity contribution in [3.8, 4) is 0 Å². The Morgan fingerprint density at radius 3 is 3.12 bits per heavy atom. The van der Waals surface area contributed by atoms with Crippen LogP contribution < -0.4 is 5.32 Å². The molecule has 2 rings (SSSR count). The summed E-state index contributed by atoms with van der Waals surface area (Å²) in [5.41, 5.74) is 0. The molecule has 1 aliphatic carbocycles. The van der Waals surface area contributed by atoms with E-state index in [2.05, 4.69) is 22.8 Å². The van der Waals surface area contributed by atoms with Gasteiger partial charge in [0.15, 0.2) is 0 Å². The lowest BCUT2D eigenvalue weighted by atomic mass is 9.96. The lowest BCUT2D eigenvalue weighted by molar-refractivity contribution is -0.142. The second-order valence-electron chi connectivity index (χ2n) is 4.67. The van der Waals surface area contributed by atoms with Crippen molar-refractivity contribution in [3.63, 3.8) is 0 Å². The monoisotopic (exact) mass is 253 g/mol. The Labute approximate surface area is 106 Å². The number of hydrogen-bond donors (Lipinski definition) is 2. The number of hydrogen-bond acceptors (Lipinski definition) is 3. The van der Waals surface area contributed by atoms with E-state index in [1.54, 1.807) is 11.3 Å². The number of nitrogens with one attached hydrogen (secondary N) is 1. The van der Waals surface area contributed by atoms with Crippen molar-refractivity contribution in [2.24, 2.45) is 11.8 Å². The molecule has 94 valence electrons. The van der Waals surface area contributed by atoms with Crippen LogP contribution >= 0.6 is 11.3 Å². The van der Waals surface area contributed by atoms with Gasteiger partial charge in [-0.3, -0.25) is 4.79 Å². The van der Waals surface area contributed by atoms with Gasteiger partial charge in [-0.2, -0.15) is 0 Å². The summed E-state index contributed by atoms with van der Waals surface area (Å²) >= 11 is 1.78. The zero-order valence-electron chi connectivity index (χ0n) is 9.89. The van der Waals surface area contributed by atoms with Crippen LogP contribution in [0.2, 0.25) is 0 Å². The van der Waals surface area contributed by atoms with E-state index in [0.717, 1.165) is 38.8 Å². The van der Waals surface area contributed by atoms with Gasteiger partial charge in [-0.05, 0) is 49.7 Å². The highest BCUT2D eigenvalue weighted by molar-refractivity contribution is 7.09. The van der Waals surface area contributed by atoms with Gasteiger partial charge in [0.25, 0.3) is 0 Å². The predicted molar refractivity (Wildman–Crippen MR) is 69.4 cm³/mol. The minimum Gasteiger partial charge on any atom is -0.481 e. The Kier molecular flexibility index (Phi) is 4.57. The summed E-state index contributed by atoms with van der Waals surface area (Å²) in [4.78, 5) is 12.4. The third kappa shape index (κ3) is 3.54. The van der Waals surface area contributed by atoms with Gasteiger partial charge in [-0.1, -0.05) is 12.5 Å². The maximum atomic E-state index is 11.0. The van der Waals surface area contributed by atoms with E-state index in [1.807, 2.05) is 0 Å². The molecule has 1 aromatic rings. The summed E-state index contributed by atoms with van der Waals surface area (Å²) in [7, 11) is 0. The molecular formula is C13H19NO2S. The molecule has 17 heavy (non-hydrogen) atoms. The first kappa shape index (κ1) is 12.6. The molecule has 0 saturated heterocycles. The largest absolute Gasteiger partial charge is 0.481 e. The van der Waals surface area contributed by atoms with Crippen LogP contribution in [0.1, 0.15) is 24.1 Å². The molecule has 0 spiro atoms. The van der Waals surface area contributed by atoms with E-state index in [0.29, 0.717) is 5.92 Å². The molecule has 1 fully saturated rings. The Bertz CT molecular complexity index is 350. The number of aliphatic carboxylic acids is 1. The number of carboxylic acid groups (broad SMARTS) is 1. The van der Waals surface area contributed by atoms with Crippen LogP contribution in [-0.4, -0.2) is 24.2 Å². The smallest absolute Gasteiger partial charge is 0.306 e. The maximum Gasteiger partial charge on any atom is 0.306 e. The summed E-state index contributed by atoms with van der Waals surface area (Å²) < 4.78 is 0. The first-order chi connectivity index (χ1) is 8.27. The van der Waals surface area contributed by atoms with Crippen LogP contribution in [0.4, 0.5) is 0 Å². The molecule has 1 aliphatic rings. The zero-order chi connectivity index (χ0) is 12.1. The summed E-state index contributed by atoms with van der Waals surface area (Å²) in [6, 6.07) is 4.21. The maximum absolute atomic E-state index is 11.0. The zero-order valence-corrected chi connectivity index (χ0v) is 10.7. The Hall–Kier alpha value is -0.870. The number of carbonyl (C=O) groups is 1. The molecule has 0 radical (unpaired) electrons. The molecule has 0 bridgehead atoms. The minimum absolute atomic E-state index is 0.121. The van der Waals surface area contributed by atoms with Crippen LogP contribution in [0.25, 0.3) is 0 Å². The quantitative estimate of drug-likeness (QED) is 0.765. The fourth-order valence-corrected chi connectivity index (χ4v) is 3.27. The van der Waals surface area contributed by atoms with Crippen LogP contribution in [-0.2, 0) is 11.2 Å². The van der Waals surface area contributed by atoms with E-state index in [9.17, 15) is 4.79 Å². The topological polar surface area (TPSA) is 49.3 Å². The second-order valence-corrected chi connectivity index (χ2v) is 5.70. The van der Waals surface area contributed by atoms with E-state index in [1.165, 1.54) is 4.88 Å². The van der Waals surface area contributed by atoms with Gasteiger partial charge in [-0.15, -0.1) is 11.3 Å². The van der Waals surface area contributed by atoms with Gasteiger partial charge in [0.2, 0.25) is 0 Å². The molecule has 0 aliphatic heterocycles. The van der Waals surface area contributed by atoms with E-state index >= 15 is 0 Å². The van der Waals surface area contributed by atoms with Crippen molar-refractivity contribution in [1.29, 1.82) is 0 Å². The molecule has 0 aromatic carbocycles. The van der Waals surface area contributed by atoms with Gasteiger partial charge in [-0.25, -0.2) is 0 Å². The SMILES string of the molecule is O=C(O)C1CCCC1CNCCc1cccs1. The molecule has 1 heterocycles. The number of rotatable bonds is 6. The molecule has 1 aromatic heterocycles. The fourth-order valence-electron chi connectivity index (χ4n) is 2.56. The summed E-state index contributed by atoms with van der Waals surface area (Å²) in [6.45, 7) is 1.80. The molecule has 0 amide bonds. The van der Waals surface area contributed by atoms with Gasteiger partial charge in [0, 0.05) is 4.88 Å². The third-order valence-corrected chi connectivity index (χ3v) is 4.45. The summed E-state index contributed by atoms with van der Waals surface area (Å²) in [5, 5.41) is 14.5. The Morgan fingerprint density at radius 2 is 2.41 bits per heavy atom. The van der Waals surface area contributed by atoms with Gasteiger partial charge in [0.05, 0.1) is 5.92 Å². The van der Waals surface area contributed by atoms with Crippen molar-refractivity contribution in [2.45, 2.75) is 25.7 Å². The molecular weight excluding hydrogens is 234 g/mol. The van der Waals surface area contributed by atoms with Crippen LogP contribution in [0, 0.1) is 11.8 Å². The van der Waals surface area contributed by atoms with Gasteiger partial charge < -0.3 is 10.4 Å². The predicted octanol–water partition coefficient (Wildman–Crippen LogP) is 2.38. The Balaban J connectivity index is 1.66. The molecule has 2 N–H and O–H groups in total. The number of carboxylic acids is 1. The van der Waals surface area contributed by atoms with Crippen molar-refractivity contribution >= 4 is 17.3 Å². The minimum atomic E-state index is -0.618. The van der Waals surface area contributed by atoms with Crippen molar-refractivity contribution in [1.82, 2.24) is 5.32 Å². The lowest BCUT2D eigenvalue weighted by Crippen LogP contribution is -2.30. The molecule has 1 saturated carbocycles. The molecule has 4 heteroatoms. The fraction of sp³-hybridized carbons (Fsp3) is 0.615. The highest BCUT2D eigenvalue weighted by Gasteiger charge is 2.32. The van der Waals surface area contributed by atoms with Crippen LogP contribution in [0.5, 0.6) is 0 Å². The van der Waals surface area contributed by atoms with Crippen molar-refractivity contribution in [3.05, 3.63) is 22.4 Å². The Morgan fingerprint density at radius 1 is 1.53 bits per heavy atom. The first-order valence-corrected chi connectivity index (χ1v) is 7.11. The van der Waals surface area contributed by atoms with E-state index < -0.39 is 5.97 Å². The molecule has 2 unspecified atom stereocenters. The molecule has 3 nitrogen and oxygen atoms in total. The second kappa shape index (κ2) is 6.17. The molecule has 2 atom stereocenters. The van der Waals surface area contributed by atoms with Crippen molar-refractivity contribution in [2.75, 3.05) is 13.1 Å². The summed E-state index contributed by atoms with van der Waals surface area (Å²) in [6.07, 6.45) is 4.02. The summed E-state index contributed by atoms with van der Waals surface area (Å²) in [5.74, 6) is -0.410. The van der Waals surface area contributed by atoms with Crippen molar-refractivity contribution < 1.29 is 9.90 Å². The highest BCUT2D eigenvalue weighted by atomic mass is 32.1. The average molecular weight is 253 g/mol.